The third kappa shape index (κ3) is 3.02. The summed E-state index contributed by atoms with van der Waals surface area (Å²) < 4.78 is 9.67. The SMILES string of the molecule is CCOC(=O)[C@@H](C1=CCOCC1)[N+](=O)[O-]. The summed E-state index contributed by atoms with van der Waals surface area (Å²) in [5.41, 5.74) is 0.477. The molecule has 0 bridgehead atoms. The third-order valence-electron chi connectivity index (χ3n) is 2.07. The van der Waals surface area contributed by atoms with Crippen molar-refractivity contribution in [1.29, 1.82) is 0 Å². The van der Waals surface area contributed by atoms with E-state index in [1.807, 2.05) is 0 Å². The van der Waals surface area contributed by atoms with Crippen LogP contribution in [0.15, 0.2) is 11.6 Å². The van der Waals surface area contributed by atoms with Crippen LogP contribution in [0, 0.1) is 10.1 Å². The predicted molar refractivity (Wildman–Crippen MR) is 50.9 cm³/mol. The number of hydrogen-bond acceptors (Lipinski definition) is 5. The molecule has 0 amide bonds. The molecule has 6 heteroatoms. The molecule has 0 fully saturated rings. The van der Waals surface area contributed by atoms with E-state index in [1.54, 1.807) is 13.0 Å². The molecule has 1 atom stereocenters. The summed E-state index contributed by atoms with van der Waals surface area (Å²) in [7, 11) is 0. The van der Waals surface area contributed by atoms with Gasteiger partial charge in [0.25, 0.3) is 0 Å². The van der Waals surface area contributed by atoms with Gasteiger partial charge in [0.2, 0.25) is 0 Å². The van der Waals surface area contributed by atoms with Gasteiger partial charge in [-0.1, -0.05) is 6.08 Å². The summed E-state index contributed by atoms with van der Waals surface area (Å²) in [5.74, 6) is -0.796. The Morgan fingerprint density at radius 2 is 2.53 bits per heavy atom. The van der Waals surface area contributed by atoms with Crippen LogP contribution in [0.4, 0.5) is 0 Å². The number of nitrogens with zero attached hydrogens (tertiary/aromatic N) is 1. The Morgan fingerprint density at radius 3 is 3.00 bits per heavy atom. The van der Waals surface area contributed by atoms with E-state index in [1.165, 1.54) is 0 Å². The first-order valence-electron chi connectivity index (χ1n) is 4.73. The van der Waals surface area contributed by atoms with Gasteiger partial charge >= 0.3 is 12.0 Å². The minimum atomic E-state index is -1.37. The molecule has 0 radical (unpaired) electrons. The van der Waals surface area contributed by atoms with Gasteiger partial charge in [0, 0.05) is 10.5 Å². The molecule has 1 aliphatic heterocycles. The third-order valence-corrected chi connectivity index (χ3v) is 2.07. The van der Waals surface area contributed by atoms with Gasteiger partial charge in [-0.3, -0.25) is 10.1 Å². The minimum Gasteiger partial charge on any atom is -0.461 e. The zero-order chi connectivity index (χ0) is 11.3. The molecule has 84 valence electrons. The van der Waals surface area contributed by atoms with Crippen molar-refractivity contribution in [3.05, 3.63) is 21.8 Å². The van der Waals surface area contributed by atoms with Crippen LogP contribution < -0.4 is 0 Å². The van der Waals surface area contributed by atoms with E-state index < -0.39 is 16.9 Å². The summed E-state index contributed by atoms with van der Waals surface area (Å²) in [5, 5.41) is 10.7. The summed E-state index contributed by atoms with van der Waals surface area (Å²) in [6, 6.07) is -1.37. The van der Waals surface area contributed by atoms with E-state index in [0.717, 1.165) is 0 Å². The lowest BCUT2D eigenvalue weighted by molar-refractivity contribution is -0.501. The van der Waals surface area contributed by atoms with Crippen molar-refractivity contribution in [1.82, 2.24) is 0 Å². The van der Waals surface area contributed by atoms with Crippen LogP contribution in [0.25, 0.3) is 0 Å². The number of esters is 1. The second-order valence-electron chi connectivity index (χ2n) is 3.04. The smallest absolute Gasteiger partial charge is 0.386 e. The average Bonchev–Trinajstić information content (AvgIpc) is 2.19. The fourth-order valence-corrected chi connectivity index (χ4v) is 1.38. The van der Waals surface area contributed by atoms with Crippen LogP contribution in [0.1, 0.15) is 13.3 Å². The standard InChI is InChI=1S/C9H13NO5/c1-2-15-9(11)8(10(12)13)7-3-5-14-6-4-7/h3,8H,2,4-6H2,1H3/t8-/m1/s1. The molecule has 0 aromatic rings. The van der Waals surface area contributed by atoms with Gasteiger partial charge < -0.3 is 9.47 Å². The summed E-state index contributed by atoms with van der Waals surface area (Å²) in [6.07, 6.45) is 1.98. The fourth-order valence-electron chi connectivity index (χ4n) is 1.38. The van der Waals surface area contributed by atoms with Crippen molar-refractivity contribution in [2.75, 3.05) is 19.8 Å². The molecular weight excluding hydrogens is 202 g/mol. The van der Waals surface area contributed by atoms with Crippen molar-refractivity contribution < 1.29 is 19.2 Å². The van der Waals surface area contributed by atoms with Crippen molar-refractivity contribution in [2.45, 2.75) is 19.4 Å². The first kappa shape index (κ1) is 11.6. The minimum absolute atomic E-state index is 0.146. The Bertz CT molecular complexity index is 286. The molecule has 1 aliphatic rings. The quantitative estimate of drug-likeness (QED) is 0.296. The number of carbonyl (C=O) groups is 1. The number of rotatable bonds is 4. The lowest BCUT2D eigenvalue weighted by Crippen LogP contribution is -2.34. The molecule has 1 rings (SSSR count). The molecular formula is C9H13NO5. The molecule has 15 heavy (non-hydrogen) atoms. The molecule has 0 aliphatic carbocycles. The van der Waals surface area contributed by atoms with E-state index in [9.17, 15) is 14.9 Å². The predicted octanol–water partition coefficient (Wildman–Crippen LogP) is 0.542. The van der Waals surface area contributed by atoms with E-state index in [4.69, 9.17) is 4.74 Å². The van der Waals surface area contributed by atoms with Gasteiger partial charge in [0.15, 0.2) is 0 Å². The molecule has 0 aromatic heterocycles. The number of ether oxygens (including phenoxy) is 2. The number of carbonyl (C=O) groups excluding carboxylic acids is 1. The highest BCUT2D eigenvalue weighted by molar-refractivity contribution is 5.78. The van der Waals surface area contributed by atoms with Gasteiger partial charge in [0.05, 0.1) is 19.8 Å². The summed E-state index contributed by atoms with van der Waals surface area (Å²) >= 11 is 0. The fraction of sp³-hybridized carbons (Fsp3) is 0.667. The maximum Gasteiger partial charge on any atom is 0.386 e. The van der Waals surface area contributed by atoms with Crippen molar-refractivity contribution in [3.63, 3.8) is 0 Å². The molecule has 0 unspecified atom stereocenters. The second kappa shape index (κ2) is 5.45. The highest BCUT2D eigenvalue weighted by atomic mass is 16.6. The van der Waals surface area contributed by atoms with Crippen molar-refractivity contribution >= 4 is 5.97 Å². The van der Waals surface area contributed by atoms with E-state index in [0.29, 0.717) is 25.2 Å². The van der Waals surface area contributed by atoms with Crippen LogP contribution >= 0.6 is 0 Å². The van der Waals surface area contributed by atoms with Gasteiger partial charge in [-0.15, -0.1) is 0 Å². The number of nitro groups is 1. The Hall–Kier alpha value is -1.43. The van der Waals surface area contributed by atoms with Crippen LogP contribution in [-0.2, 0) is 14.3 Å². The van der Waals surface area contributed by atoms with Crippen molar-refractivity contribution in [3.8, 4) is 0 Å². The van der Waals surface area contributed by atoms with Gasteiger partial charge in [-0.2, -0.15) is 0 Å². The molecule has 6 nitrogen and oxygen atoms in total. The lowest BCUT2D eigenvalue weighted by Gasteiger charge is -2.15. The Morgan fingerprint density at radius 1 is 1.80 bits per heavy atom. The first-order chi connectivity index (χ1) is 7.16. The zero-order valence-electron chi connectivity index (χ0n) is 8.47. The normalized spacial score (nSPS) is 17.8. The number of hydrogen-bond donors (Lipinski definition) is 0. The molecule has 0 N–H and O–H groups in total. The second-order valence-corrected chi connectivity index (χ2v) is 3.04. The molecule has 0 saturated carbocycles. The van der Waals surface area contributed by atoms with Crippen LogP contribution in [0.2, 0.25) is 0 Å². The molecule has 0 saturated heterocycles. The van der Waals surface area contributed by atoms with Crippen LogP contribution in [0.3, 0.4) is 0 Å². The summed E-state index contributed by atoms with van der Waals surface area (Å²) in [6.45, 7) is 2.49. The maximum atomic E-state index is 11.3. The first-order valence-corrected chi connectivity index (χ1v) is 4.73. The monoisotopic (exact) mass is 215 g/mol. The zero-order valence-corrected chi connectivity index (χ0v) is 8.47. The highest BCUT2D eigenvalue weighted by Gasteiger charge is 2.35. The molecule has 0 spiro atoms. The topological polar surface area (TPSA) is 78.7 Å². The van der Waals surface area contributed by atoms with Crippen LogP contribution in [-0.4, -0.2) is 36.8 Å². The van der Waals surface area contributed by atoms with Gasteiger partial charge in [0.1, 0.15) is 0 Å². The Balaban J connectivity index is 2.77. The largest absolute Gasteiger partial charge is 0.461 e. The maximum absolute atomic E-state index is 11.3. The molecule has 0 aromatic carbocycles. The Kier molecular flexibility index (Phi) is 4.23. The highest BCUT2D eigenvalue weighted by Crippen LogP contribution is 2.16. The lowest BCUT2D eigenvalue weighted by atomic mass is 10.0. The van der Waals surface area contributed by atoms with E-state index in [2.05, 4.69) is 4.74 Å². The average molecular weight is 215 g/mol. The molecule has 1 heterocycles. The Labute approximate surface area is 87.0 Å². The van der Waals surface area contributed by atoms with Gasteiger partial charge in [-0.05, 0) is 13.3 Å². The van der Waals surface area contributed by atoms with Crippen molar-refractivity contribution in [2.24, 2.45) is 0 Å². The van der Waals surface area contributed by atoms with E-state index >= 15 is 0 Å². The van der Waals surface area contributed by atoms with Crippen LogP contribution in [0.5, 0.6) is 0 Å². The van der Waals surface area contributed by atoms with E-state index in [-0.39, 0.29) is 6.61 Å². The van der Waals surface area contributed by atoms with Gasteiger partial charge in [-0.25, -0.2) is 4.79 Å². The summed E-state index contributed by atoms with van der Waals surface area (Å²) in [4.78, 5) is 21.5.